The Bertz CT molecular complexity index is 785. The van der Waals surface area contributed by atoms with Gasteiger partial charge in [0.15, 0.2) is 9.84 Å². The molecule has 1 aliphatic rings. The van der Waals surface area contributed by atoms with Gasteiger partial charge in [0.05, 0.1) is 10.3 Å². The molecule has 21 heavy (non-hydrogen) atoms. The standard InChI is InChI=1S/C15H17ClN2O2S/c1-21(19,20)15(6-7-15)10-17-9-11-4-5-13(16)12-3-2-8-18-14(11)12/h2-5,8,17H,6-7,9-10H2,1H3. The summed E-state index contributed by atoms with van der Waals surface area (Å²) in [6, 6.07) is 7.58. The van der Waals surface area contributed by atoms with E-state index in [1.54, 1.807) is 6.20 Å². The van der Waals surface area contributed by atoms with Crippen molar-refractivity contribution in [3.63, 3.8) is 0 Å². The molecule has 1 saturated carbocycles. The summed E-state index contributed by atoms with van der Waals surface area (Å²) in [6.45, 7) is 1.07. The van der Waals surface area contributed by atoms with Gasteiger partial charge in [0.25, 0.3) is 0 Å². The molecule has 6 heteroatoms. The number of nitrogens with one attached hydrogen (secondary N) is 1. The molecule has 4 nitrogen and oxygen atoms in total. The molecule has 0 saturated heterocycles. The van der Waals surface area contributed by atoms with Gasteiger partial charge in [-0.15, -0.1) is 0 Å². The number of benzene rings is 1. The Labute approximate surface area is 129 Å². The van der Waals surface area contributed by atoms with Crippen LogP contribution in [0.1, 0.15) is 18.4 Å². The Hall–Kier alpha value is -1.17. The van der Waals surface area contributed by atoms with Gasteiger partial charge in [0, 0.05) is 36.0 Å². The van der Waals surface area contributed by atoms with Crippen molar-refractivity contribution in [2.24, 2.45) is 0 Å². The Morgan fingerprint density at radius 1 is 1.33 bits per heavy atom. The van der Waals surface area contributed by atoms with Gasteiger partial charge in [-0.05, 0) is 36.6 Å². The van der Waals surface area contributed by atoms with E-state index in [-0.39, 0.29) is 0 Å². The van der Waals surface area contributed by atoms with Crippen LogP contribution in [0.25, 0.3) is 10.9 Å². The van der Waals surface area contributed by atoms with Crippen LogP contribution in [0.5, 0.6) is 0 Å². The number of sulfone groups is 1. The zero-order valence-electron chi connectivity index (χ0n) is 11.8. The molecule has 0 atom stereocenters. The van der Waals surface area contributed by atoms with Crippen LogP contribution >= 0.6 is 11.6 Å². The maximum atomic E-state index is 11.7. The van der Waals surface area contributed by atoms with E-state index >= 15 is 0 Å². The number of halogens is 1. The number of nitrogens with zero attached hydrogens (tertiary/aromatic N) is 1. The summed E-state index contributed by atoms with van der Waals surface area (Å²) in [5.41, 5.74) is 1.89. The molecule has 0 bridgehead atoms. The van der Waals surface area contributed by atoms with Crippen molar-refractivity contribution in [3.05, 3.63) is 41.0 Å². The topological polar surface area (TPSA) is 59.1 Å². The number of rotatable bonds is 5. The maximum Gasteiger partial charge on any atom is 0.154 e. The van der Waals surface area contributed by atoms with Crippen molar-refractivity contribution in [3.8, 4) is 0 Å². The van der Waals surface area contributed by atoms with Gasteiger partial charge in [-0.3, -0.25) is 4.98 Å². The Kier molecular flexibility index (Phi) is 3.67. The fourth-order valence-electron chi connectivity index (χ4n) is 2.58. The molecular weight excluding hydrogens is 308 g/mol. The lowest BCUT2D eigenvalue weighted by molar-refractivity contribution is 0.565. The van der Waals surface area contributed by atoms with Crippen LogP contribution < -0.4 is 5.32 Å². The largest absolute Gasteiger partial charge is 0.311 e. The van der Waals surface area contributed by atoms with Gasteiger partial charge in [0.1, 0.15) is 0 Å². The molecule has 1 aromatic carbocycles. The molecule has 0 unspecified atom stereocenters. The SMILES string of the molecule is CS(=O)(=O)C1(CNCc2ccc(Cl)c3cccnc23)CC1. The van der Waals surface area contributed by atoms with Crippen LogP contribution in [0.15, 0.2) is 30.5 Å². The Balaban J connectivity index is 1.77. The molecule has 112 valence electrons. The highest BCUT2D eigenvalue weighted by Crippen LogP contribution is 2.42. The highest BCUT2D eigenvalue weighted by molar-refractivity contribution is 7.92. The van der Waals surface area contributed by atoms with E-state index in [9.17, 15) is 8.42 Å². The quantitative estimate of drug-likeness (QED) is 0.918. The normalized spacial score (nSPS) is 17.0. The van der Waals surface area contributed by atoms with Crippen LogP contribution in [-0.2, 0) is 16.4 Å². The summed E-state index contributed by atoms with van der Waals surface area (Å²) < 4.78 is 22.9. The van der Waals surface area contributed by atoms with E-state index in [1.165, 1.54) is 6.26 Å². The van der Waals surface area contributed by atoms with Crippen molar-refractivity contribution in [2.75, 3.05) is 12.8 Å². The van der Waals surface area contributed by atoms with Crippen LogP contribution in [0, 0.1) is 0 Å². The summed E-state index contributed by atoms with van der Waals surface area (Å²) in [4.78, 5) is 4.38. The maximum absolute atomic E-state index is 11.7. The van der Waals surface area contributed by atoms with Crippen molar-refractivity contribution in [1.29, 1.82) is 0 Å². The third-order valence-corrected chi connectivity index (χ3v) is 6.61. The predicted molar refractivity (Wildman–Crippen MR) is 85.3 cm³/mol. The zero-order chi connectivity index (χ0) is 15.1. The predicted octanol–water partition coefficient (Wildman–Crippen LogP) is 2.56. The summed E-state index contributed by atoms with van der Waals surface area (Å²) in [5.74, 6) is 0. The van der Waals surface area contributed by atoms with Crippen molar-refractivity contribution < 1.29 is 8.42 Å². The molecule has 1 N–H and O–H groups in total. The van der Waals surface area contributed by atoms with Crippen molar-refractivity contribution in [2.45, 2.75) is 24.1 Å². The lowest BCUT2D eigenvalue weighted by Gasteiger charge is -2.14. The van der Waals surface area contributed by atoms with Gasteiger partial charge >= 0.3 is 0 Å². The average molecular weight is 325 g/mol. The number of hydrogen-bond acceptors (Lipinski definition) is 4. The van der Waals surface area contributed by atoms with Crippen molar-refractivity contribution >= 4 is 32.3 Å². The lowest BCUT2D eigenvalue weighted by atomic mass is 10.1. The lowest BCUT2D eigenvalue weighted by Crippen LogP contribution is -2.34. The fourth-order valence-corrected chi connectivity index (χ4v) is 4.01. The first-order chi connectivity index (χ1) is 9.93. The molecule has 1 heterocycles. The minimum Gasteiger partial charge on any atom is -0.311 e. The second-order valence-electron chi connectivity index (χ2n) is 5.66. The van der Waals surface area contributed by atoms with Gasteiger partial charge in [0.2, 0.25) is 0 Å². The summed E-state index contributed by atoms with van der Waals surface area (Å²) >= 11 is 6.17. The molecule has 0 amide bonds. The average Bonchev–Trinajstić information content (AvgIpc) is 3.22. The highest BCUT2D eigenvalue weighted by Gasteiger charge is 2.51. The zero-order valence-corrected chi connectivity index (χ0v) is 13.3. The van der Waals surface area contributed by atoms with E-state index in [4.69, 9.17) is 11.6 Å². The first kappa shape index (κ1) is 14.8. The first-order valence-electron chi connectivity index (χ1n) is 6.85. The van der Waals surface area contributed by atoms with Gasteiger partial charge in [-0.2, -0.15) is 0 Å². The molecular formula is C15H17ClN2O2S. The molecule has 3 rings (SSSR count). The second kappa shape index (κ2) is 5.23. The molecule has 1 fully saturated rings. The number of fused-ring (bicyclic) bond motifs is 1. The van der Waals surface area contributed by atoms with E-state index in [0.29, 0.717) is 18.1 Å². The van der Waals surface area contributed by atoms with Crippen LogP contribution in [-0.4, -0.2) is 30.9 Å². The van der Waals surface area contributed by atoms with E-state index in [1.807, 2.05) is 24.3 Å². The summed E-state index contributed by atoms with van der Waals surface area (Å²) in [5, 5.41) is 4.86. The molecule has 0 aliphatic heterocycles. The van der Waals surface area contributed by atoms with E-state index < -0.39 is 14.6 Å². The third-order valence-electron chi connectivity index (χ3n) is 4.16. The Morgan fingerprint density at radius 2 is 2.10 bits per heavy atom. The van der Waals surface area contributed by atoms with E-state index in [2.05, 4.69) is 10.3 Å². The number of aromatic nitrogens is 1. The van der Waals surface area contributed by atoms with E-state index in [0.717, 1.165) is 29.3 Å². The fraction of sp³-hybridized carbons (Fsp3) is 0.400. The minimum atomic E-state index is -2.99. The van der Waals surface area contributed by atoms with Crippen LogP contribution in [0.4, 0.5) is 0 Å². The van der Waals surface area contributed by atoms with Crippen molar-refractivity contribution in [1.82, 2.24) is 10.3 Å². The molecule has 0 spiro atoms. The second-order valence-corrected chi connectivity index (χ2v) is 8.48. The highest BCUT2D eigenvalue weighted by atomic mass is 35.5. The number of hydrogen-bond donors (Lipinski definition) is 1. The molecule has 1 aliphatic carbocycles. The minimum absolute atomic E-state index is 0.489. The first-order valence-corrected chi connectivity index (χ1v) is 9.12. The van der Waals surface area contributed by atoms with Gasteiger partial charge in [-0.25, -0.2) is 8.42 Å². The van der Waals surface area contributed by atoms with Crippen LogP contribution in [0.2, 0.25) is 5.02 Å². The van der Waals surface area contributed by atoms with Gasteiger partial charge in [-0.1, -0.05) is 17.7 Å². The third kappa shape index (κ3) is 2.78. The smallest absolute Gasteiger partial charge is 0.154 e. The summed E-state index contributed by atoms with van der Waals surface area (Å²) in [7, 11) is -2.99. The molecule has 0 radical (unpaired) electrons. The van der Waals surface area contributed by atoms with Crippen LogP contribution in [0.3, 0.4) is 0 Å². The summed E-state index contributed by atoms with van der Waals surface area (Å²) in [6.07, 6.45) is 4.55. The molecule has 2 aromatic rings. The monoisotopic (exact) mass is 324 g/mol. The number of pyridine rings is 1. The molecule has 1 aromatic heterocycles. The Morgan fingerprint density at radius 3 is 2.76 bits per heavy atom. The van der Waals surface area contributed by atoms with Gasteiger partial charge < -0.3 is 5.32 Å².